The first-order valence-corrected chi connectivity index (χ1v) is 4.78. The lowest BCUT2D eigenvalue weighted by atomic mass is 10.3. The standard InChI is InChI=1S/C8H12N2O2S/c1-5(11)4-10-8(12)7-6(9)2-3-13-7/h2-3,5,11H,4,9H2,1H3,(H,10,12)/t5-/m1/s1. The summed E-state index contributed by atoms with van der Waals surface area (Å²) in [6.07, 6.45) is -0.537. The SMILES string of the molecule is C[C@@H](O)CNC(=O)c1sccc1N. The van der Waals surface area contributed by atoms with Gasteiger partial charge in [-0.25, -0.2) is 0 Å². The smallest absolute Gasteiger partial charge is 0.263 e. The van der Waals surface area contributed by atoms with Crippen molar-refractivity contribution >= 4 is 22.9 Å². The van der Waals surface area contributed by atoms with Gasteiger partial charge in [-0.3, -0.25) is 4.79 Å². The van der Waals surface area contributed by atoms with Crippen LogP contribution in [0.4, 0.5) is 5.69 Å². The van der Waals surface area contributed by atoms with Crippen LogP contribution in [0.25, 0.3) is 0 Å². The van der Waals surface area contributed by atoms with Crippen LogP contribution in [0.3, 0.4) is 0 Å². The number of aliphatic hydroxyl groups is 1. The van der Waals surface area contributed by atoms with Crippen molar-refractivity contribution in [1.82, 2.24) is 5.32 Å². The van der Waals surface area contributed by atoms with Gasteiger partial charge in [0, 0.05) is 6.54 Å². The second-order valence-corrected chi connectivity index (χ2v) is 3.68. The monoisotopic (exact) mass is 200 g/mol. The van der Waals surface area contributed by atoms with Gasteiger partial charge in [0.1, 0.15) is 4.88 Å². The molecule has 0 aliphatic rings. The highest BCUT2D eigenvalue weighted by Crippen LogP contribution is 2.17. The summed E-state index contributed by atoms with van der Waals surface area (Å²) in [5.41, 5.74) is 6.01. The summed E-state index contributed by atoms with van der Waals surface area (Å²) in [7, 11) is 0. The van der Waals surface area contributed by atoms with Crippen LogP contribution in [-0.4, -0.2) is 23.7 Å². The van der Waals surface area contributed by atoms with Crippen LogP contribution >= 0.6 is 11.3 Å². The summed E-state index contributed by atoms with van der Waals surface area (Å²) in [4.78, 5) is 11.8. The highest BCUT2D eigenvalue weighted by atomic mass is 32.1. The van der Waals surface area contributed by atoms with Gasteiger partial charge < -0.3 is 16.2 Å². The molecule has 1 amide bonds. The minimum atomic E-state index is -0.537. The Labute approximate surface area is 80.4 Å². The molecule has 0 aliphatic heterocycles. The number of carbonyl (C=O) groups is 1. The van der Waals surface area contributed by atoms with Gasteiger partial charge >= 0.3 is 0 Å². The second-order valence-electron chi connectivity index (χ2n) is 2.76. The normalized spacial score (nSPS) is 12.5. The molecule has 0 spiro atoms. The number of thiophene rings is 1. The average molecular weight is 200 g/mol. The van der Waals surface area contributed by atoms with E-state index in [0.29, 0.717) is 10.6 Å². The maximum Gasteiger partial charge on any atom is 0.263 e. The minimum absolute atomic E-state index is 0.228. The van der Waals surface area contributed by atoms with Crippen LogP contribution in [0.1, 0.15) is 16.6 Å². The fourth-order valence-corrected chi connectivity index (χ4v) is 1.56. The molecular formula is C8H12N2O2S. The number of nitrogens with two attached hydrogens (primary N) is 1. The Morgan fingerprint density at radius 2 is 2.54 bits per heavy atom. The molecule has 1 heterocycles. The largest absolute Gasteiger partial charge is 0.397 e. The maximum absolute atomic E-state index is 11.3. The highest BCUT2D eigenvalue weighted by Gasteiger charge is 2.10. The Balaban J connectivity index is 2.54. The fourth-order valence-electron chi connectivity index (χ4n) is 0.824. The summed E-state index contributed by atoms with van der Waals surface area (Å²) in [6.45, 7) is 1.86. The third-order valence-corrected chi connectivity index (χ3v) is 2.39. The first-order chi connectivity index (χ1) is 6.11. The van der Waals surface area contributed by atoms with Crippen LogP contribution in [0, 0.1) is 0 Å². The predicted molar refractivity (Wildman–Crippen MR) is 52.7 cm³/mol. The molecular weight excluding hydrogens is 188 g/mol. The molecule has 0 saturated heterocycles. The van der Waals surface area contributed by atoms with E-state index in [2.05, 4.69) is 5.32 Å². The zero-order valence-corrected chi connectivity index (χ0v) is 8.10. The van der Waals surface area contributed by atoms with Crippen LogP contribution < -0.4 is 11.1 Å². The van der Waals surface area contributed by atoms with E-state index in [4.69, 9.17) is 10.8 Å². The van der Waals surface area contributed by atoms with E-state index >= 15 is 0 Å². The molecule has 1 rings (SSSR count). The molecule has 1 aromatic rings. The topological polar surface area (TPSA) is 75.3 Å². The Bertz CT molecular complexity index is 296. The molecule has 4 nitrogen and oxygen atoms in total. The molecule has 13 heavy (non-hydrogen) atoms. The van der Waals surface area contributed by atoms with Gasteiger partial charge in [0.15, 0.2) is 0 Å². The van der Waals surface area contributed by atoms with Crippen molar-refractivity contribution in [1.29, 1.82) is 0 Å². The summed E-state index contributed by atoms with van der Waals surface area (Å²) >= 11 is 1.29. The molecule has 4 N–H and O–H groups in total. The van der Waals surface area contributed by atoms with Gasteiger partial charge in [-0.15, -0.1) is 11.3 Å². The number of carbonyl (C=O) groups excluding carboxylic acids is 1. The number of amides is 1. The molecule has 0 saturated carbocycles. The Morgan fingerprint density at radius 1 is 1.85 bits per heavy atom. The van der Waals surface area contributed by atoms with Crippen molar-refractivity contribution < 1.29 is 9.90 Å². The van der Waals surface area contributed by atoms with E-state index in [0.717, 1.165) is 0 Å². The van der Waals surface area contributed by atoms with Crippen LogP contribution in [0.15, 0.2) is 11.4 Å². The van der Waals surface area contributed by atoms with Gasteiger partial charge in [0.2, 0.25) is 0 Å². The summed E-state index contributed by atoms with van der Waals surface area (Å²) in [6, 6.07) is 1.68. The van der Waals surface area contributed by atoms with Gasteiger partial charge in [-0.2, -0.15) is 0 Å². The molecule has 0 bridgehead atoms. The number of nitrogens with one attached hydrogen (secondary N) is 1. The van der Waals surface area contributed by atoms with E-state index in [1.807, 2.05) is 0 Å². The van der Waals surface area contributed by atoms with E-state index < -0.39 is 6.10 Å². The number of anilines is 1. The third kappa shape index (κ3) is 2.71. The first-order valence-electron chi connectivity index (χ1n) is 3.90. The molecule has 0 radical (unpaired) electrons. The summed E-state index contributed by atoms with van der Waals surface area (Å²) < 4.78 is 0. The number of aliphatic hydroxyl groups excluding tert-OH is 1. The van der Waals surface area contributed by atoms with Crippen LogP contribution in [-0.2, 0) is 0 Å². The molecule has 1 aromatic heterocycles. The predicted octanol–water partition coefficient (Wildman–Crippen LogP) is 0.441. The van der Waals surface area contributed by atoms with Crippen molar-refractivity contribution in [2.75, 3.05) is 12.3 Å². The molecule has 0 unspecified atom stereocenters. The molecule has 0 fully saturated rings. The molecule has 1 atom stereocenters. The van der Waals surface area contributed by atoms with Crippen molar-refractivity contribution in [3.8, 4) is 0 Å². The van der Waals surface area contributed by atoms with Gasteiger partial charge in [-0.1, -0.05) is 0 Å². The zero-order valence-electron chi connectivity index (χ0n) is 7.28. The van der Waals surface area contributed by atoms with E-state index in [-0.39, 0.29) is 12.5 Å². The van der Waals surface area contributed by atoms with Gasteiger partial charge in [-0.05, 0) is 18.4 Å². The number of hydrogen-bond donors (Lipinski definition) is 3. The zero-order chi connectivity index (χ0) is 9.84. The molecule has 0 aromatic carbocycles. The molecule has 0 aliphatic carbocycles. The lowest BCUT2D eigenvalue weighted by Crippen LogP contribution is -2.30. The lowest BCUT2D eigenvalue weighted by molar-refractivity contribution is 0.0929. The average Bonchev–Trinajstić information content (AvgIpc) is 2.47. The Kier molecular flexibility index (Phi) is 3.27. The first kappa shape index (κ1) is 10.0. The lowest BCUT2D eigenvalue weighted by Gasteiger charge is -2.05. The summed E-state index contributed by atoms with van der Waals surface area (Å²) in [5.74, 6) is -0.228. The van der Waals surface area contributed by atoms with Crippen molar-refractivity contribution in [2.24, 2.45) is 0 Å². The maximum atomic E-state index is 11.3. The van der Waals surface area contributed by atoms with Gasteiger partial charge in [0.25, 0.3) is 5.91 Å². The highest BCUT2D eigenvalue weighted by molar-refractivity contribution is 7.12. The fraction of sp³-hybridized carbons (Fsp3) is 0.375. The number of hydrogen-bond acceptors (Lipinski definition) is 4. The van der Waals surface area contributed by atoms with E-state index in [9.17, 15) is 4.79 Å². The molecule has 72 valence electrons. The van der Waals surface area contributed by atoms with Crippen molar-refractivity contribution in [2.45, 2.75) is 13.0 Å². The van der Waals surface area contributed by atoms with Crippen LogP contribution in [0.2, 0.25) is 0 Å². The second kappa shape index (κ2) is 4.25. The molecule has 5 heteroatoms. The minimum Gasteiger partial charge on any atom is -0.397 e. The Morgan fingerprint density at radius 3 is 3.00 bits per heavy atom. The summed E-state index contributed by atoms with van der Waals surface area (Å²) in [5, 5.41) is 13.2. The van der Waals surface area contributed by atoms with Crippen molar-refractivity contribution in [3.05, 3.63) is 16.3 Å². The van der Waals surface area contributed by atoms with Crippen LogP contribution in [0.5, 0.6) is 0 Å². The van der Waals surface area contributed by atoms with E-state index in [1.165, 1.54) is 11.3 Å². The Hall–Kier alpha value is -1.07. The third-order valence-electron chi connectivity index (χ3n) is 1.46. The number of nitrogen functional groups attached to an aromatic ring is 1. The van der Waals surface area contributed by atoms with Crippen molar-refractivity contribution in [3.63, 3.8) is 0 Å². The van der Waals surface area contributed by atoms with E-state index in [1.54, 1.807) is 18.4 Å². The quantitative estimate of drug-likeness (QED) is 0.662. The van der Waals surface area contributed by atoms with Gasteiger partial charge in [0.05, 0.1) is 11.8 Å². The number of rotatable bonds is 3.